The Balaban J connectivity index is 1.61. The summed E-state index contributed by atoms with van der Waals surface area (Å²) in [5.41, 5.74) is -7.09. The molecule has 21 heteroatoms. The molecule has 0 amide bonds. The number of anilines is 2. The Hall–Kier alpha value is -3.75. The van der Waals surface area contributed by atoms with Crippen LogP contribution in [-0.4, -0.2) is 59.3 Å². The molecule has 0 spiro atoms. The number of halogens is 12. The van der Waals surface area contributed by atoms with Crippen molar-refractivity contribution in [3.05, 3.63) is 58.7 Å². The van der Waals surface area contributed by atoms with Gasteiger partial charge in [0.05, 0.1) is 28.8 Å². The zero-order chi connectivity index (χ0) is 37.7. The molecule has 7 nitrogen and oxygen atoms in total. The van der Waals surface area contributed by atoms with Crippen LogP contribution in [0.25, 0.3) is 0 Å². The summed E-state index contributed by atoms with van der Waals surface area (Å²) in [6.07, 6.45) is -18.4. The van der Waals surface area contributed by atoms with E-state index in [1.54, 1.807) is 13.8 Å². The number of likely N-dealkylation sites (tertiary alicyclic amines) is 1. The van der Waals surface area contributed by atoms with E-state index in [2.05, 4.69) is 31.6 Å². The zero-order valence-electron chi connectivity index (χ0n) is 26.1. The molecule has 2 aromatic rings. The Bertz CT molecular complexity index is 1470. The molecule has 1 saturated heterocycles. The van der Waals surface area contributed by atoms with Gasteiger partial charge in [0.1, 0.15) is 0 Å². The van der Waals surface area contributed by atoms with Gasteiger partial charge in [0.2, 0.25) is 0 Å². The summed E-state index contributed by atoms with van der Waals surface area (Å²) < 4.78 is 158. The van der Waals surface area contributed by atoms with E-state index in [0.717, 1.165) is 12.8 Å². The quantitative estimate of drug-likeness (QED) is 0.0806. The third-order valence-electron chi connectivity index (χ3n) is 6.93. The molecule has 278 valence electrons. The van der Waals surface area contributed by atoms with Crippen molar-refractivity contribution in [2.75, 3.05) is 36.8 Å². The number of aliphatic imine (C=N–C) groups is 1. The van der Waals surface area contributed by atoms with Crippen molar-refractivity contribution in [2.24, 2.45) is 4.99 Å². The molecule has 0 aliphatic carbocycles. The minimum atomic E-state index is -5.04. The van der Waals surface area contributed by atoms with Gasteiger partial charge in [-0.15, -0.1) is 0 Å². The maximum Gasteiger partial charge on any atom is 0.416 e. The highest BCUT2D eigenvalue weighted by Crippen LogP contribution is 2.39. The van der Waals surface area contributed by atoms with Gasteiger partial charge in [0.25, 0.3) is 0 Å². The minimum absolute atomic E-state index is 0.00271. The second-order valence-corrected chi connectivity index (χ2v) is 12.1. The Kier molecular flexibility index (Phi) is 13.1. The van der Waals surface area contributed by atoms with Gasteiger partial charge in [-0.1, -0.05) is 0 Å². The number of rotatable bonds is 8. The standard InChI is InChI=1S/C29H31F12N7S2/c1-15(44-24(49)46-21-9-17(26(30,31)32)7-18(10-21)27(33,34)35)13-42-23(48-5-3-4-6-48)43-14-16(2)45-25(50)47-22-11-19(28(36,37)38)8-20(12-22)29(39,40)41/h7-12,15-16H,3-6,13-14H2,1-2H3,(H,42,43)(H2,44,46,49)(H2,45,47,50)/t15-,16-/m0/s1. The molecule has 3 rings (SSSR count). The fourth-order valence-electron chi connectivity index (χ4n) is 4.60. The van der Waals surface area contributed by atoms with Gasteiger partial charge in [0.15, 0.2) is 16.2 Å². The fraction of sp³-hybridized carbons (Fsp3) is 0.483. The second kappa shape index (κ2) is 16.1. The average Bonchev–Trinajstić information content (AvgIpc) is 3.49. The number of hydrogen-bond donors (Lipinski definition) is 5. The second-order valence-electron chi connectivity index (χ2n) is 11.3. The van der Waals surface area contributed by atoms with Crippen LogP contribution in [0.2, 0.25) is 0 Å². The number of thiocarbonyl (C=S) groups is 2. The molecule has 2 aromatic carbocycles. The number of benzene rings is 2. The molecule has 0 saturated carbocycles. The van der Waals surface area contributed by atoms with Gasteiger partial charge in [-0.25, -0.2) is 0 Å². The summed E-state index contributed by atoms with van der Waals surface area (Å²) in [6, 6.07) is 0.919. The maximum absolute atomic E-state index is 13.2. The van der Waals surface area contributed by atoms with Crippen LogP contribution in [0.5, 0.6) is 0 Å². The van der Waals surface area contributed by atoms with Crippen LogP contribution >= 0.6 is 24.4 Å². The Labute approximate surface area is 289 Å². The summed E-state index contributed by atoms with van der Waals surface area (Å²) in [7, 11) is 0. The van der Waals surface area contributed by atoms with Gasteiger partial charge in [-0.05, 0) is 87.5 Å². The summed E-state index contributed by atoms with van der Waals surface area (Å²) in [5.74, 6) is 0.433. The molecule has 50 heavy (non-hydrogen) atoms. The van der Waals surface area contributed by atoms with Crippen LogP contribution in [0.15, 0.2) is 41.4 Å². The molecular weight excluding hydrogens is 738 g/mol. The molecule has 0 unspecified atom stereocenters. The number of nitrogens with one attached hydrogen (secondary N) is 5. The molecule has 5 N–H and O–H groups in total. The summed E-state index contributed by atoms with van der Waals surface area (Å²) in [6.45, 7) is 4.75. The predicted octanol–water partition coefficient (Wildman–Crippen LogP) is 7.85. The van der Waals surface area contributed by atoms with E-state index in [9.17, 15) is 52.7 Å². The lowest BCUT2D eigenvalue weighted by atomic mass is 10.1. The first-order valence-corrected chi connectivity index (χ1v) is 15.5. The first-order chi connectivity index (χ1) is 22.9. The van der Waals surface area contributed by atoms with E-state index in [-0.39, 0.29) is 35.4 Å². The van der Waals surface area contributed by atoms with E-state index in [4.69, 9.17) is 24.4 Å². The van der Waals surface area contributed by atoms with Crippen LogP contribution in [0, 0.1) is 0 Å². The van der Waals surface area contributed by atoms with Crippen molar-refractivity contribution in [3.63, 3.8) is 0 Å². The number of alkyl halides is 12. The van der Waals surface area contributed by atoms with Gasteiger partial charge in [0, 0.05) is 43.1 Å². The van der Waals surface area contributed by atoms with Gasteiger partial charge in [-0.2, -0.15) is 52.7 Å². The first kappa shape index (κ1) is 40.7. The minimum Gasteiger partial charge on any atom is -0.358 e. The highest BCUT2D eigenvalue weighted by Gasteiger charge is 2.38. The van der Waals surface area contributed by atoms with E-state index in [0.29, 0.717) is 43.3 Å². The summed E-state index contributed by atoms with van der Waals surface area (Å²) >= 11 is 10.2. The molecule has 0 radical (unpaired) electrons. The predicted molar refractivity (Wildman–Crippen MR) is 172 cm³/mol. The molecule has 1 aliphatic rings. The van der Waals surface area contributed by atoms with Crippen LogP contribution in [0.1, 0.15) is 48.9 Å². The number of hydrogen-bond acceptors (Lipinski definition) is 3. The Morgan fingerprint density at radius 3 is 1.36 bits per heavy atom. The highest BCUT2D eigenvalue weighted by atomic mass is 32.1. The molecule has 1 fully saturated rings. The third kappa shape index (κ3) is 12.5. The first-order valence-electron chi connectivity index (χ1n) is 14.7. The van der Waals surface area contributed by atoms with Crippen LogP contribution < -0.4 is 26.6 Å². The Morgan fingerprint density at radius 1 is 0.640 bits per heavy atom. The summed E-state index contributed by atoms with van der Waals surface area (Å²) in [5, 5.41) is 12.9. The summed E-state index contributed by atoms with van der Waals surface area (Å²) in [4.78, 5) is 6.46. The smallest absolute Gasteiger partial charge is 0.358 e. The fourth-order valence-corrected chi connectivity index (χ4v) is 5.24. The molecule has 1 heterocycles. The zero-order valence-corrected chi connectivity index (χ0v) is 27.7. The molecular formula is C29H31F12N7S2. The van der Waals surface area contributed by atoms with E-state index < -0.39 is 70.4 Å². The molecule has 0 aromatic heterocycles. The average molecular weight is 770 g/mol. The monoisotopic (exact) mass is 769 g/mol. The lowest BCUT2D eigenvalue weighted by Gasteiger charge is -2.25. The normalized spacial score (nSPS) is 15.7. The van der Waals surface area contributed by atoms with E-state index in [1.165, 1.54) is 0 Å². The molecule has 1 aliphatic heterocycles. The van der Waals surface area contributed by atoms with Crippen LogP contribution in [0.4, 0.5) is 64.1 Å². The highest BCUT2D eigenvalue weighted by molar-refractivity contribution is 7.80. The van der Waals surface area contributed by atoms with Crippen molar-refractivity contribution in [1.82, 2.24) is 20.9 Å². The third-order valence-corrected chi connectivity index (χ3v) is 7.37. The van der Waals surface area contributed by atoms with E-state index in [1.807, 2.05) is 4.90 Å². The van der Waals surface area contributed by atoms with Crippen molar-refractivity contribution >= 4 is 52.0 Å². The van der Waals surface area contributed by atoms with Gasteiger partial charge in [-0.3, -0.25) is 4.99 Å². The molecule has 2 atom stereocenters. The SMILES string of the molecule is C[C@@H](CN=C(NC[C@H](C)NC(=S)Nc1cc(C(F)(F)F)cc(C(F)(F)F)c1)N1CCCC1)NC(=S)Nc1cc(C(F)(F)F)cc(C(F)(F)F)c1. The van der Waals surface area contributed by atoms with Crippen LogP contribution in [0.3, 0.4) is 0 Å². The largest absolute Gasteiger partial charge is 0.416 e. The van der Waals surface area contributed by atoms with Crippen LogP contribution in [-0.2, 0) is 24.7 Å². The maximum atomic E-state index is 13.2. The van der Waals surface area contributed by atoms with Gasteiger partial charge < -0.3 is 31.5 Å². The Morgan fingerprint density at radius 2 is 1.00 bits per heavy atom. The van der Waals surface area contributed by atoms with Gasteiger partial charge >= 0.3 is 24.7 Å². The van der Waals surface area contributed by atoms with Crippen molar-refractivity contribution in [3.8, 4) is 0 Å². The van der Waals surface area contributed by atoms with Crippen molar-refractivity contribution < 1.29 is 52.7 Å². The lowest BCUT2D eigenvalue weighted by Crippen LogP contribution is -2.48. The van der Waals surface area contributed by atoms with Crippen molar-refractivity contribution in [1.29, 1.82) is 0 Å². The number of nitrogens with zero attached hydrogens (tertiary/aromatic N) is 2. The van der Waals surface area contributed by atoms with E-state index >= 15 is 0 Å². The topological polar surface area (TPSA) is 75.8 Å². The molecule has 0 bridgehead atoms. The lowest BCUT2D eigenvalue weighted by molar-refractivity contribution is -0.144. The number of guanidine groups is 1. The van der Waals surface area contributed by atoms with Crippen molar-refractivity contribution in [2.45, 2.75) is 63.5 Å².